The van der Waals surface area contributed by atoms with Gasteiger partial charge in [-0.1, -0.05) is 0 Å². The Bertz CT molecular complexity index is 874. The maximum absolute atomic E-state index is 12.7. The number of benzene rings is 1. The molecule has 3 heterocycles. The minimum atomic E-state index is -0.348. The van der Waals surface area contributed by atoms with Crippen molar-refractivity contribution in [1.82, 2.24) is 0 Å². The van der Waals surface area contributed by atoms with E-state index < -0.39 is 0 Å². The Balaban J connectivity index is 1.62. The molecule has 1 N–H and O–H groups in total. The van der Waals surface area contributed by atoms with E-state index >= 15 is 0 Å². The summed E-state index contributed by atoms with van der Waals surface area (Å²) in [5, 5.41) is 11.9. The fraction of sp³-hybridized carbons (Fsp3) is 0.429. The molecule has 1 amide bonds. The molecule has 28 heavy (non-hydrogen) atoms. The van der Waals surface area contributed by atoms with Crippen LogP contribution in [0.4, 0.5) is 17.1 Å². The topological polar surface area (TPSA) is 81.7 Å². The molecule has 0 atom stereocenters. The van der Waals surface area contributed by atoms with Crippen LogP contribution in [0, 0.1) is 11.3 Å². The molecular weight excluding hydrogens is 356 g/mol. The van der Waals surface area contributed by atoms with Crippen molar-refractivity contribution in [3.8, 4) is 6.07 Å². The Morgan fingerprint density at radius 2 is 1.79 bits per heavy atom. The summed E-state index contributed by atoms with van der Waals surface area (Å²) in [5.74, 6) is -0.0831. The molecular formula is C21H24N4O3. The summed E-state index contributed by atoms with van der Waals surface area (Å²) >= 11 is 0. The first-order valence-electron chi connectivity index (χ1n) is 9.77. The average Bonchev–Trinajstić information content (AvgIpc) is 3.24. The molecule has 0 radical (unpaired) electrons. The first kappa shape index (κ1) is 18.4. The van der Waals surface area contributed by atoms with Crippen molar-refractivity contribution in [3.05, 3.63) is 41.9 Å². The summed E-state index contributed by atoms with van der Waals surface area (Å²) in [6.45, 7) is 5.05. The SMILES string of the molecule is N#Cc1ccc(C(=O)Nc2cc(N3CCOCC3)ccc2N2CCCCC2)o1. The molecule has 2 aliphatic heterocycles. The van der Waals surface area contributed by atoms with E-state index in [1.807, 2.05) is 12.1 Å². The fourth-order valence-electron chi connectivity index (χ4n) is 3.76. The number of ether oxygens (including phenoxy) is 1. The summed E-state index contributed by atoms with van der Waals surface area (Å²) in [4.78, 5) is 17.3. The lowest BCUT2D eigenvalue weighted by Gasteiger charge is -2.33. The third-order valence-electron chi connectivity index (χ3n) is 5.24. The molecule has 0 bridgehead atoms. The predicted molar refractivity (Wildman–Crippen MR) is 107 cm³/mol. The molecule has 2 saturated heterocycles. The van der Waals surface area contributed by atoms with E-state index in [1.165, 1.54) is 18.6 Å². The number of nitrogens with zero attached hydrogens (tertiary/aromatic N) is 3. The Morgan fingerprint density at radius 1 is 1.00 bits per heavy atom. The lowest BCUT2D eigenvalue weighted by atomic mass is 10.1. The van der Waals surface area contributed by atoms with Crippen LogP contribution in [-0.2, 0) is 4.74 Å². The van der Waals surface area contributed by atoms with Gasteiger partial charge in [0.05, 0.1) is 24.6 Å². The van der Waals surface area contributed by atoms with Gasteiger partial charge in [-0.05, 0) is 49.6 Å². The summed E-state index contributed by atoms with van der Waals surface area (Å²) < 4.78 is 10.7. The Kier molecular flexibility index (Phi) is 5.49. The van der Waals surface area contributed by atoms with Crippen molar-refractivity contribution < 1.29 is 13.9 Å². The number of amides is 1. The van der Waals surface area contributed by atoms with E-state index in [0.29, 0.717) is 13.2 Å². The molecule has 0 unspecified atom stereocenters. The fourth-order valence-corrected chi connectivity index (χ4v) is 3.76. The minimum absolute atomic E-state index is 0.128. The maximum Gasteiger partial charge on any atom is 0.291 e. The van der Waals surface area contributed by atoms with E-state index in [1.54, 1.807) is 0 Å². The van der Waals surface area contributed by atoms with Gasteiger partial charge in [0.15, 0.2) is 5.76 Å². The number of piperidine rings is 1. The quantitative estimate of drug-likeness (QED) is 0.877. The molecule has 2 aromatic rings. The number of nitriles is 1. The highest BCUT2D eigenvalue weighted by Gasteiger charge is 2.20. The zero-order chi connectivity index (χ0) is 19.3. The van der Waals surface area contributed by atoms with E-state index in [9.17, 15) is 4.79 Å². The summed E-state index contributed by atoms with van der Waals surface area (Å²) in [7, 11) is 0. The van der Waals surface area contributed by atoms with Gasteiger partial charge < -0.3 is 24.3 Å². The number of morpholine rings is 1. The number of carbonyl (C=O) groups is 1. The number of hydrogen-bond acceptors (Lipinski definition) is 6. The van der Waals surface area contributed by atoms with Crippen molar-refractivity contribution in [1.29, 1.82) is 5.26 Å². The highest BCUT2D eigenvalue weighted by atomic mass is 16.5. The Morgan fingerprint density at radius 3 is 2.50 bits per heavy atom. The van der Waals surface area contributed by atoms with Gasteiger partial charge >= 0.3 is 0 Å². The molecule has 7 nitrogen and oxygen atoms in total. The predicted octanol–water partition coefficient (Wildman–Crippen LogP) is 3.23. The number of carbonyl (C=O) groups excluding carboxylic acids is 1. The number of hydrogen-bond donors (Lipinski definition) is 1. The van der Waals surface area contributed by atoms with Crippen LogP contribution in [-0.4, -0.2) is 45.3 Å². The van der Waals surface area contributed by atoms with Crippen molar-refractivity contribution >= 4 is 23.0 Å². The van der Waals surface area contributed by atoms with E-state index in [-0.39, 0.29) is 17.4 Å². The first-order valence-corrected chi connectivity index (χ1v) is 9.77. The molecule has 2 aliphatic rings. The van der Waals surface area contributed by atoms with Gasteiger partial charge in [-0.15, -0.1) is 0 Å². The molecule has 0 spiro atoms. The van der Waals surface area contributed by atoms with Gasteiger partial charge in [-0.3, -0.25) is 4.79 Å². The number of nitrogens with one attached hydrogen (secondary N) is 1. The van der Waals surface area contributed by atoms with Crippen LogP contribution in [0.25, 0.3) is 0 Å². The van der Waals surface area contributed by atoms with Gasteiger partial charge in [0, 0.05) is 31.9 Å². The molecule has 7 heteroatoms. The smallest absolute Gasteiger partial charge is 0.291 e. The van der Waals surface area contributed by atoms with Crippen LogP contribution in [0.15, 0.2) is 34.7 Å². The Labute approximate surface area is 164 Å². The number of furan rings is 1. The first-order chi connectivity index (χ1) is 13.7. The van der Waals surface area contributed by atoms with Crippen LogP contribution < -0.4 is 15.1 Å². The van der Waals surface area contributed by atoms with Crippen molar-refractivity contribution in [2.24, 2.45) is 0 Å². The third kappa shape index (κ3) is 3.97. The molecule has 4 rings (SSSR count). The lowest BCUT2D eigenvalue weighted by Crippen LogP contribution is -2.36. The van der Waals surface area contributed by atoms with Gasteiger partial charge in [0.1, 0.15) is 6.07 Å². The molecule has 1 aromatic carbocycles. The van der Waals surface area contributed by atoms with Gasteiger partial charge in [-0.25, -0.2) is 0 Å². The van der Waals surface area contributed by atoms with Gasteiger partial charge in [0.25, 0.3) is 5.91 Å². The van der Waals surface area contributed by atoms with Crippen molar-refractivity contribution in [3.63, 3.8) is 0 Å². The second-order valence-corrected chi connectivity index (χ2v) is 7.08. The third-order valence-corrected chi connectivity index (χ3v) is 5.24. The number of rotatable bonds is 4. The van der Waals surface area contributed by atoms with E-state index in [0.717, 1.165) is 56.1 Å². The summed E-state index contributed by atoms with van der Waals surface area (Å²) in [5.41, 5.74) is 2.86. The van der Waals surface area contributed by atoms with E-state index in [2.05, 4.69) is 27.2 Å². The normalized spacial score (nSPS) is 17.2. The molecule has 0 saturated carbocycles. The highest BCUT2D eigenvalue weighted by Crippen LogP contribution is 2.33. The largest absolute Gasteiger partial charge is 0.440 e. The monoisotopic (exact) mass is 380 g/mol. The zero-order valence-electron chi connectivity index (χ0n) is 15.8. The maximum atomic E-state index is 12.7. The summed E-state index contributed by atoms with van der Waals surface area (Å²) in [6, 6.07) is 11.2. The van der Waals surface area contributed by atoms with E-state index in [4.69, 9.17) is 14.4 Å². The van der Waals surface area contributed by atoms with Crippen LogP contribution >= 0.6 is 0 Å². The average molecular weight is 380 g/mol. The van der Waals surface area contributed by atoms with Crippen molar-refractivity contribution in [2.75, 3.05) is 54.5 Å². The lowest BCUT2D eigenvalue weighted by molar-refractivity contribution is 0.0996. The van der Waals surface area contributed by atoms with Crippen LogP contribution in [0.5, 0.6) is 0 Å². The Hall–Kier alpha value is -2.98. The molecule has 1 aromatic heterocycles. The molecule has 146 valence electrons. The minimum Gasteiger partial charge on any atom is -0.440 e. The molecule has 2 fully saturated rings. The van der Waals surface area contributed by atoms with Crippen LogP contribution in [0.1, 0.15) is 35.6 Å². The zero-order valence-corrected chi connectivity index (χ0v) is 15.8. The summed E-state index contributed by atoms with van der Waals surface area (Å²) in [6.07, 6.45) is 3.55. The molecule has 0 aliphatic carbocycles. The van der Waals surface area contributed by atoms with Crippen LogP contribution in [0.2, 0.25) is 0 Å². The number of anilines is 3. The second-order valence-electron chi connectivity index (χ2n) is 7.08. The van der Waals surface area contributed by atoms with Gasteiger partial charge in [0.2, 0.25) is 5.76 Å². The highest BCUT2D eigenvalue weighted by molar-refractivity contribution is 6.04. The standard InChI is InChI=1S/C21H24N4O3/c22-15-17-5-7-20(28-17)21(26)23-18-14-16(24-10-12-27-13-11-24)4-6-19(18)25-8-2-1-3-9-25/h4-7,14H,1-3,8-13H2,(H,23,26). The van der Waals surface area contributed by atoms with Gasteiger partial charge in [-0.2, -0.15) is 5.26 Å². The van der Waals surface area contributed by atoms with Crippen molar-refractivity contribution in [2.45, 2.75) is 19.3 Å². The second kappa shape index (κ2) is 8.36. The van der Waals surface area contributed by atoms with Crippen LogP contribution in [0.3, 0.4) is 0 Å².